The van der Waals surface area contributed by atoms with Crippen molar-refractivity contribution in [2.24, 2.45) is 0 Å². The molecule has 0 unspecified atom stereocenters. The van der Waals surface area contributed by atoms with Gasteiger partial charge >= 0.3 is 0 Å². The van der Waals surface area contributed by atoms with Crippen molar-refractivity contribution in [1.29, 1.82) is 0 Å². The number of nitrogens with zero attached hydrogens (tertiary/aromatic N) is 2. The third-order valence-corrected chi connectivity index (χ3v) is 5.51. The minimum Gasteiger partial charge on any atom is -0.369 e. The monoisotopic (exact) mass is 343 g/mol. The second-order valence-electron chi connectivity index (χ2n) is 6.21. The van der Waals surface area contributed by atoms with Crippen LogP contribution in [-0.2, 0) is 0 Å². The average molecular weight is 343 g/mol. The van der Waals surface area contributed by atoms with Crippen LogP contribution in [0, 0.1) is 6.92 Å². The van der Waals surface area contributed by atoms with Crippen molar-refractivity contribution in [3.8, 4) is 0 Å². The maximum Gasteiger partial charge on any atom is 0.261 e. The van der Waals surface area contributed by atoms with Crippen LogP contribution >= 0.6 is 11.3 Å². The SMILES string of the molecule is Cc1ccsc1C(=O)NCCCN1CCN(c2ccccc2)CC1. The molecule has 1 N–H and O–H groups in total. The third kappa shape index (κ3) is 4.36. The molecule has 1 aliphatic heterocycles. The average Bonchev–Trinajstić information content (AvgIpc) is 3.06. The number of hydrogen-bond acceptors (Lipinski definition) is 4. The molecule has 4 nitrogen and oxygen atoms in total. The maximum absolute atomic E-state index is 12.1. The zero-order chi connectivity index (χ0) is 16.8. The van der Waals surface area contributed by atoms with Gasteiger partial charge in [0.2, 0.25) is 0 Å². The Bertz CT molecular complexity index is 648. The van der Waals surface area contributed by atoms with Crippen LogP contribution in [0.25, 0.3) is 0 Å². The van der Waals surface area contributed by atoms with Gasteiger partial charge in [-0.05, 0) is 49.0 Å². The number of carbonyl (C=O) groups excluding carboxylic acids is 1. The molecule has 1 aromatic heterocycles. The first kappa shape index (κ1) is 17.0. The van der Waals surface area contributed by atoms with Crippen molar-refractivity contribution in [2.45, 2.75) is 13.3 Å². The predicted molar refractivity (Wildman–Crippen MR) is 101 cm³/mol. The molecule has 1 amide bonds. The third-order valence-electron chi connectivity index (χ3n) is 4.50. The molecule has 0 saturated carbocycles. The Morgan fingerprint density at radius 2 is 1.88 bits per heavy atom. The quantitative estimate of drug-likeness (QED) is 0.819. The zero-order valence-corrected chi connectivity index (χ0v) is 15.0. The predicted octanol–water partition coefficient (Wildman–Crippen LogP) is 3.00. The van der Waals surface area contributed by atoms with Gasteiger partial charge in [-0.2, -0.15) is 0 Å². The number of thiophene rings is 1. The number of nitrogens with one attached hydrogen (secondary N) is 1. The van der Waals surface area contributed by atoms with Gasteiger partial charge in [-0.1, -0.05) is 18.2 Å². The molecule has 24 heavy (non-hydrogen) atoms. The lowest BCUT2D eigenvalue weighted by Crippen LogP contribution is -2.47. The van der Waals surface area contributed by atoms with Crippen LogP contribution in [0.4, 0.5) is 5.69 Å². The van der Waals surface area contributed by atoms with E-state index in [1.165, 1.54) is 17.0 Å². The van der Waals surface area contributed by atoms with Gasteiger partial charge in [-0.3, -0.25) is 9.69 Å². The second-order valence-corrected chi connectivity index (χ2v) is 7.12. The lowest BCUT2D eigenvalue weighted by molar-refractivity contribution is 0.0955. The molecular formula is C19H25N3OS. The van der Waals surface area contributed by atoms with Gasteiger partial charge in [-0.25, -0.2) is 0 Å². The topological polar surface area (TPSA) is 35.6 Å². The van der Waals surface area contributed by atoms with Gasteiger partial charge < -0.3 is 10.2 Å². The summed E-state index contributed by atoms with van der Waals surface area (Å²) in [6, 6.07) is 12.6. The Kier molecular flexibility index (Phi) is 5.88. The van der Waals surface area contributed by atoms with E-state index in [1.807, 2.05) is 18.4 Å². The van der Waals surface area contributed by atoms with E-state index >= 15 is 0 Å². The minimum atomic E-state index is 0.0661. The molecule has 1 saturated heterocycles. The van der Waals surface area contributed by atoms with Crippen molar-refractivity contribution in [2.75, 3.05) is 44.2 Å². The van der Waals surface area contributed by atoms with Crippen LogP contribution in [-0.4, -0.2) is 50.1 Å². The van der Waals surface area contributed by atoms with E-state index in [2.05, 4.69) is 45.4 Å². The molecule has 2 heterocycles. The summed E-state index contributed by atoms with van der Waals surface area (Å²) in [7, 11) is 0. The number of hydrogen-bond donors (Lipinski definition) is 1. The largest absolute Gasteiger partial charge is 0.369 e. The highest BCUT2D eigenvalue weighted by Gasteiger charge is 2.16. The van der Waals surface area contributed by atoms with Crippen molar-refractivity contribution in [3.05, 3.63) is 52.2 Å². The van der Waals surface area contributed by atoms with Gasteiger partial charge in [0.1, 0.15) is 0 Å². The lowest BCUT2D eigenvalue weighted by atomic mass is 10.2. The normalized spacial score (nSPS) is 15.5. The maximum atomic E-state index is 12.1. The van der Waals surface area contributed by atoms with Crippen LogP contribution in [0.3, 0.4) is 0 Å². The number of rotatable bonds is 6. The highest BCUT2D eigenvalue weighted by atomic mass is 32.1. The van der Waals surface area contributed by atoms with E-state index in [1.54, 1.807) is 0 Å². The van der Waals surface area contributed by atoms with Crippen LogP contribution in [0.1, 0.15) is 21.7 Å². The Hall–Kier alpha value is -1.85. The molecule has 5 heteroatoms. The summed E-state index contributed by atoms with van der Waals surface area (Å²) in [5, 5.41) is 5.00. The first-order valence-electron chi connectivity index (χ1n) is 8.58. The molecule has 0 atom stereocenters. The summed E-state index contributed by atoms with van der Waals surface area (Å²) in [6.45, 7) is 8.11. The molecule has 3 rings (SSSR count). The van der Waals surface area contributed by atoms with Gasteiger partial charge in [0.25, 0.3) is 5.91 Å². The summed E-state index contributed by atoms with van der Waals surface area (Å²) in [4.78, 5) is 17.8. The Balaban J connectivity index is 1.34. The van der Waals surface area contributed by atoms with E-state index in [4.69, 9.17) is 0 Å². The Labute approximate surface area is 148 Å². The minimum absolute atomic E-state index is 0.0661. The van der Waals surface area contributed by atoms with Crippen molar-refractivity contribution < 1.29 is 4.79 Å². The Morgan fingerprint density at radius 3 is 2.54 bits per heavy atom. The summed E-state index contributed by atoms with van der Waals surface area (Å²) in [5.41, 5.74) is 2.38. The summed E-state index contributed by atoms with van der Waals surface area (Å²) >= 11 is 1.51. The van der Waals surface area contributed by atoms with Gasteiger partial charge in [0.15, 0.2) is 0 Å². The van der Waals surface area contributed by atoms with Crippen LogP contribution in [0.5, 0.6) is 0 Å². The first-order valence-corrected chi connectivity index (χ1v) is 9.46. The number of carbonyl (C=O) groups is 1. The first-order chi connectivity index (χ1) is 11.7. The molecule has 0 spiro atoms. The molecular weight excluding hydrogens is 318 g/mol. The number of anilines is 1. The van der Waals surface area contributed by atoms with Gasteiger partial charge in [-0.15, -0.1) is 11.3 Å². The smallest absolute Gasteiger partial charge is 0.261 e. The molecule has 1 aromatic carbocycles. The van der Waals surface area contributed by atoms with E-state index in [0.717, 1.165) is 56.1 Å². The summed E-state index contributed by atoms with van der Waals surface area (Å²) < 4.78 is 0. The number of para-hydroxylation sites is 1. The van der Waals surface area contributed by atoms with Crippen molar-refractivity contribution in [1.82, 2.24) is 10.2 Å². The fourth-order valence-corrected chi connectivity index (χ4v) is 3.90. The fourth-order valence-electron chi connectivity index (χ4n) is 3.06. The highest BCUT2D eigenvalue weighted by molar-refractivity contribution is 7.12. The molecule has 0 radical (unpaired) electrons. The number of benzene rings is 1. The number of aryl methyl sites for hydroxylation is 1. The molecule has 2 aromatic rings. The van der Waals surface area contributed by atoms with Crippen LogP contribution in [0.15, 0.2) is 41.8 Å². The van der Waals surface area contributed by atoms with Crippen molar-refractivity contribution in [3.63, 3.8) is 0 Å². The second kappa shape index (κ2) is 8.31. The van der Waals surface area contributed by atoms with E-state index < -0.39 is 0 Å². The van der Waals surface area contributed by atoms with Gasteiger partial charge in [0, 0.05) is 38.4 Å². The van der Waals surface area contributed by atoms with E-state index in [0.29, 0.717) is 0 Å². The van der Waals surface area contributed by atoms with Crippen molar-refractivity contribution >= 4 is 22.9 Å². The van der Waals surface area contributed by atoms with E-state index in [9.17, 15) is 4.79 Å². The summed E-state index contributed by atoms with van der Waals surface area (Å²) in [5.74, 6) is 0.0661. The molecule has 128 valence electrons. The highest BCUT2D eigenvalue weighted by Crippen LogP contribution is 2.16. The molecule has 1 aliphatic rings. The van der Waals surface area contributed by atoms with E-state index in [-0.39, 0.29) is 5.91 Å². The molecule has 1 fully saturated rings. The Morgan fingerprint density at radius 1 is 1.12 bits per heavy atom. The van der Waals surface area contributed by atoms with Crippen LogP contribution < -0.4 is 10.2 Å². The fraction of sp³-hybridized carbons (Fsp3) is 0.421. The lowest BCUT2D eigenvalue weighted by Gasteiger charge is -2.36. The van der Waals surface area contributed by atoms with Gasteiger partial charge in [0.05, 0.1) is 4.88 Å². The molecule has 0 bridgehead atoms. The number of piperazine rings is 1. The van der Waals surface area contributed by atoms with Crippen LogP contribution in [0.2, 0.25) is 0 Å². The molecule has 0 aliphatic carbocycles. The zero-order valence-electron chi connectivity index (χ0n) is 14.2. The number of amides is 1. The summed E-state index contributed by atoms with van der Waals surface area (Å²) in [6.07, 6.45) is 1.00. The standard InChI is InChI=1S/C19H25N3OS/c1-16-8-15-24-18(16)19(23)20-9-5-10-21-11-13-22(14-12-21)17-6-3-2-4-7-17/h2-4,6-8,15H,5,9-14H2,1H3,(H,20,23).